The fourth-order valence-corrected chi connectivity index (χ4v) is 3.88. The summed E-state index contributed by atoms with van der Waals surface area (Å²) in [7, 11) is 0. The van der Waals surface area contributed by atoms with Crippen molar-refractivity contribution in [3.05, 3.63) is 41.1 Å². The topological polar surface area (TPSA) is 78.1 Å². The minimum atomic E-state index is -0.971. The molecule has 124 valence electrons. The molecule has 0 radical (unpaired) electrons. The van der Waals surface area contributed by atoms with Crippen LogP contribution in [-0.4, -0.2) is 28.6 Å². The molecule has 1 atom stereocenters. The highest BCUT2D eigenvalue weighted by atomic mass is 16.2. The molecule has 24 heavy (non-hydrogen) atoms. The number of aryl methyl sites for hydroxylation is 1. The number of anilines is 2. The molecular weight excluding hydrogens is 304 g/mol. The van der Waals surface area contributed by atoms with Crippen molar-refractivity contribution in [2.75, 3.05) is 16.8 Å². The van der Waals surface area contributed by atoms with Crippen molar-refractivity contribution < 1.29 is 9.59 Å². The predicted molar refractivity (Wildman–Crippen MR) is 91.0 cm³/mol. The Balaban J connectivity index is 1.99. The first-order chi connectivity index (χ1) is 11.4. The van der Waals surface area contributed by atoms with Gasteiger partial charge in [-0.25, -0.2) is 0 Å². The van der Waals surface area contributed by atoms with Crippen molar-refractivity contribution in [3.8, 4) is 0 Å². The smallest absolute Gasteiger partial charge is 0.242 e. The summed E-state index contributed by atoms with van der Waals surface area (Å²) in [5.41, 5.74) is 2.67. The third-order valence-corrected chi connectivity index (χ3v) is 4.85. The molecule has 6 heteroatoms. The Morgan fingerprint density at radius 3 is 2.83 bits per heavy atom. The fourth-order valence-electron chi connectivity index (χ4n) is 3.88. The molecule has 2 aliphatic rings. The van der Waals surface area contributed by atoms with Gasteiger partial charge in [0.05, 0.1) is 6.20 Å². The monoisotopic (exact) mass is 324 g/mol. The highest BCUT2D eigenvalue weighted by Crippen LogP contribution is 2.52. The molecule has 0 saturated carbocycles. The second-order valence-corrected chi connectivity index (χ2v) is 7.12. The summed E-state index contributed by atoms with van der Waals surface area (Å²) >= 11 is 0. The number of nitrogens with zero attached hydrogens (tertiary/aromatic N) is 2. The van der Waals surface area contributed by atoms with Gasteiger partial charge in [0.25, 0.3) is 0 Å². The molecule has 1 spiro atoms. The Bertz CT molecular complexity index is 854. The molecule has 1 aromatic carbocycles. The highest BCUT2D eigenvalue weighted by Gasteiger charge is 2.56. The number of benzene rings is 1. The molecule has 2 amide bonds. The Morgan fingerprint density at radius 1 is 1.29 bits per heavy atom. The molecule has 4 rings (SSSR count). The van der Waals surface area contributed by atoms with E-state index in [1.165, 1.54) is 0 Å². The molecule has 0 aliphatic carbocycles. The maximum Gasteiger partial charge on any atom is 0.242 e. The van der Waals surface area contributed by atoms with Crippen LogP contribution in [-0.2, 0) is 15.0 Å². The number of aromatic amines is 1. The van der Waals surface area contributed by atoms with E-state index in [4.69, 9.17) is 0 Å². The van der Waals surface area contributed by atoms with Gasteiger partial charge in [0.1, 0.15) is 11.2 Å². The van der Waals surface area contributed by atoms with E-state index < -0.39 is 5.41 Å². The van der Waals surface area contributed by atoms with Crippen LogP contribution in [0.15, 0.2) is 24.4 Å². The number of fused-ring (bicyclic) bond motifs is 4. The van der Waals surface area contributed by atoms with Crippen LogP contribution >= 0.6 is 0 Å². The quantitative estimate of drug-likeness (QED) is 0.890. The zero-order valence-corrected chi connectivity index (χ0v) is 14.0. The van der Waals surface area contributed by atoms with E-state index in [0.29, 0.717) is 18.3 Å². The molecule has 0 bridgehead atoms. The maximum absolute atomic E-state index is 13.5. The van der Waals surface area contributed by atoms with Crippen molar-refractivity contribution >= 4 is 23.3 Å². The average molecular weight is 324 g/mol. The van der Waals surface area contributed by atoms with Gasteiger partial charge in [0, 0.05) is 24.2 Å². The summed E-state index contributed by atoms with van der Waals surface area (Å²) in [6.07, 6.45) is 1.78. The lowest BCUT2D eigenvalue weighted by atomic mass is 9.71. The number of hydrogen-bond donors (Lipinski definition) is 2. The summed E-state index contributed by atoms with van der Waals surface area (Å²) in [6, 6.07) is 6.03. The zero-order valence-electron chi connectivity index (χ0n) is 14.0. The van der Waals surface area contributed by atoms with E-state index in [0.717, 1.165) is 22.4 Å². The van der Waals surface area contributed by atoms with Crippen LogP contribution in [0.5, 0.6) is 0 Å². The Morgan fingerprint density at radius 2 is 2.08 bits per heavy atom. The summed E-state index contributed by atoms with van der Waals surface area (Å²) < 4.78 is 0. The minimum absolute atomic E-state index is 0.0331. The standard InChI is InChI=1S/C18H20N4O2/c1-10(2)9-22-14-5-4-11(3)6-12(14)18(17(22)24)7-15(23)20-16-13(18)8-19-21-16/h4-6,8,10H,7,9H2,1-3H3,(H2,19,20,21,23). The van der Waals surface area contributed by atoms with E-state index in [1.54, 1.807) is 6.20 Å². The van der Waals surface area contributed by atoms with Gasteiger partial charge in [-0.2, -0.15) is 5.10 Å². The number of carbonyl (C=O) groups is 2. The van der Waals surface area contributed by atoms with Gasteiger partial charge in [-0.3, -0.25) is 14.7 Å². The van der Waals surface area contributed by atoms with Gasteiger partial charge < -0.3 is 10.2 Å². The van der Waals surface area contributed by atoms with Gasteiger partial charge in [-0.05, 0) is 24.5 Å². The van der Waals surface area contributed by atoms with Gasteiger partial charge in [0.15, 0.2) is 0 Å². The van der Waals surface area contributed by atoms with E-state index in [2.05, 4.69) is 29.4 Å². The first kappa shape index (κ1) is 14.9. The van der Waals surface area contributed by atoms with Crippen molar-refractivity contribution in [3.63, 3.8) is 0 Å². The number of aromatic nitrogens is 2. The molecule has 0 fully saturated rings. The molecule has 0 saturated heterocycles. The summed E-state index contributed by atoms with van der Waals surface area (Å²) in [5.74, 6) is 0.659. The first-order valence-electron chi connectivity index (χ1n) is 8.20. The zero-order chi connectivity index (χ0) is 17.1. The summed E-state index contributed by atoms with van der Waals surface area (Å²) in [4.78, 5) is 27.6. The maximum atomic E-state index is 13.5. The lowest BCUT2D eigenvalue weighted by Crippen LogP contribution is -2.47. The second kappa shape index (κ2) is 4.93. The highest BCUT2D eigenvalue weighted by molar-refractivity contribution is 6.15. The summed E-state index contributed by atoms with van der Waals surface area (Å²) in [6.45, 7) is 6.81. The van der Waals surface area contributed by atoms with Crippen LogP contribution in [0, 0.1) is 12.8 Å². The first-order valence-corrected chi connectivity index (χ1v) is 8.20. The number of carbonyl (C=O) groups excluding carboxylic acids is 2. The molecule has 1 unspecified atom stereocenters. The molecule has 2 aliphatic heterocycles. The molecule has 2 aromatic rings. The number of H-pyrrole nitrogens is 1. The van der Waals surface area contributed by atoms with Crippen LogP contribution in [0.3, 0.4) is 0 Å². The van der Waals surface area contributed by atoms with Crippen LogP contribution in [0.4, 0.5) is 11.5 Å². The van der Waals surface area contributed by atoms with Crippen LogP contribution in [0.25, 0.3) is 0 Å². The van der Waals surface area contributed by atoms with Gasteiger partial charge in [-0.1, -0.05) is 31.5 Å². The van der Waals surface area contributed by atoms with Crippen molar-refractivity contribution in [2.24, 2.45) is 5.92 Å². The van der Waals surface area contributed by atoms with Gasteiger partial charge in [0.2, 0.25) is 11.8 Å². The molecule has 1 aromatic heterocycles. The number of hydrogen-bond acceptors (Lipinski definition) is 3. The average Bonchev–Trinajstić information content (AvgIpc) is 3.06. The lowest BCUT2D eigenvalue weighted by Gasteiger charge is -2.32. The predicted octanol–water partition coefficient (Wildman–Crippen LogP) is 2.35. The van der Waals surface area contributed by atoms with Gasteiger partial charge in [-0.15, -0.1) is 0 Å². The normalized spacial score (nSPS) is 22.1. The third kappa shape index (κ3) is 1.85. The minimum Gasteiger partial charge on any atom is -0.311 e. The van der Waals surface area contributed by atoms with Gasteiger partial charge >= 0.3 is 0 Å². The molecular formula is C18H20N4O2. The van der Waals surface area contributed by atoms with Crippen LogP contribution < -0.4 is 10.2 Å². The van der Waals surface area contributed by atoms with E-state index in [-0.39, 0.29) is 18.2 Å². The third-order valence-electron chi connectivity index (χ3n) is 4.85. The van der Waals surface area contributed by atoms with E-state index >= 15 is 0 Å². The SMILES string of the molecule is Cc1ccc2c(c1)C1(CC(=O)Nc3[nH]ncc31)C(=O)N2CC(C)C. The van der Waals surface area contributed by atoms with Crippen LogP contribution in [0.1, 0.15) is 37.0 Å². The Labute approximate surface area is 140 Å². The second-order valence-electron chi connectivity index (χ2n) is 7.12. The number of nitrogens with one attached hydrogen (secondary N) is 2. The lowest BCUT2D eigenvalue weighted by molar-refractivity contribution is -0.126. The molecule has 6 nitrogen and oxygen atoms in total. The van der Waals surface area contributed by atoms with E-state index in [9.17, 15) is 9.59 Å². The van der Waals surface area contributed by atoms with Crippen molar-refractivity contribution in [2.45, 2.75) is 32.6 Å². The number of amides is 2. The van der Waals surface area contributed by atoms with Crippen molar-refractivity contribution in [1.29, 1.82) is 0 Å². The summed E-state index contributed by atoms with van der Waals surface area (Å²) in [5, 5.41) is 9.66. The fraction of sp³-hybridized carbons (Fsp3) is 0.389. The largest absolute Gasteiger partial charge is 0.311 e. The molecule has 2 N–H and O–H groups in total. The van der Waals surface area contributed by atoms with E-state index in [1.807, 2.05) is 30.0 Å². The number of rotatable bonds is 2. The molecule has 3 heterocycles. The van der Waals surface area contributed by atoms with Crippen LogP contribution in [0.2, 0.25) is 0 Å². The Kier molecular flexibility index (Phi) is 3.07. The van der Waals surface area contributed by atoms with Crippen molar-refractivity contribution in [1.82, 2.24) is 10.2 Å². The Hall–Kier alpha value is -2.63.